The molecule has 21 heavy (non-hydrogen) atoms. The highest BCUT2D eigenvalue weighted by Gasteiger charge is 2.27. The Morgan fingerprint density at radius 3 is 2.57 bits per heavy atom. The molecule has 2 rings (SSSR count). The third-order valence-corrected chi connectivity index (χ3v) is 6.91. The second-order valence-corrected chi connectivity index (χ2v) is 8.82. The first-order valence-electron chi connectivity index (χ1n) is 7.17. The normalized spacial score (nSPS) is 16.4. The molecule has 1 amide bonds. The molecule has 0 aliphatic carbocycles. The molecule has 1 aromatic rings. The van der Waals surface area contributed by atoms with E-state index in [1.807, 2.05) is 20.8 Å². The summed E-state index contributed by atoms with van der Waals surface area (Å²) >= 11 is 1.10. The van der Waals surface area contributed by atoms with Gasteiger partial charge in [-0.25, -0.2) is 13.1 Å². The fraction of sp³-hybridized carbons (Fsp3) is 0.643. The predicted molar refractivity (Wildman–Crippen MR) is 84.1 cm³/mol. The molecule has 1 N–H and O–H groups in total. The minimum atomic E-state index is -3.57. The number of carbonyl (C=O) groups is 1. The van der Waals surface area contributed by atoms with E-state index < -0.39 is 15.6 Å². The van der Waals surface area contributed by atoms with Crippen LogP contribution < -0.4 is 4.72 Å². The van der Waals surface area contributed by atoms with Crippen molar-refractivity contribution in [2.24, 2.45) is 0 Å². The van der Waals surface area contributed by atoms with Crippen molar-refractivity contribution in [2.75, 3.05) is 13.1 Å². The number of hydrogen-bond acceptors (Lipinski definition) is 4. The summed E-state index contributed by atoms with van der Waals surface area (Å²) in [6.07, 6.45) is 2.73. The summed E-state index contributed by atoms with van der Waals surface area (Å²) in [7, 11) is -3.57. The molecule has 0 aromatic carbocycles. The van der Waals surface area contributed by atoms with Crippen molar-refractivity contribution >= 4 is 27.3 Å². The zero-order valence-electron chi connectivity index (χ0n) is 12.7. The highest BCUT2D eigenvalue weighted by Crippen LogP contribution is 2.24. The van der Waals surface area contributed by atoms with Crippen LogP contribution in [0.25, 0.3) is 0 Å². The number of amides is 1. The van der Waals surface area contributed by atoms with Crippen molar-refractivity contribution in [3.8, 4) is 0 Å². The van der Waals surface area contributed by atoms with Gasteiger partial charge in [0, 0.05) is 24.0 Å². The van der Waals surface area contributed by atoms with Crippen molar-refractivity contribution < 1.29 is 13.2 Å². The SMILES string of the molecule is CCC(C)(C)NS(=O)(=O)c1cc(C(=O)N2CCCC2)cs1. The minimum Gasteiger partial charge on any atom is -0.339 e. The molecule has 0 unspecified atom stereocenters. The zero-order chi connectivity index (χ0) is 15.7. The number of nitrogens with one attached hydrogen (secondary N) is 1. The molecule has 0 spiro atoms. The van der Waals surface area contributed by atoms with Gasteiger partial charge in [0.1, 0.15) is 4.21 Å². The molecule has 118 valence electrons. The molecule has 1 saturated heterocycles. The number of likely N-dealkylation sites (tertiary alicyclic amines) is 1. The fourth-order valence-corrected chi connectivity index (χ4v) is 4.80. The Morgan fingerprint density at radius 2 is 2.00 bits per heavy atom. The maximum absolute atomic E-state index is 12.3. The van der Waals surface area contributed by atoms with Gasteiger partial charge in [-0.3, -0.25) is 4.79 Å². The third-order valence-electron chi connectivity index (χ3n) is 3.78. The molecule has 7 heteroatoms. The molecule has 0 bridgehead atoms. The first-order chi connectivity index (χ1) is 9.75. The van der Waals surface area contributed by atoms with Gasteiger partial charge in [0.2, 0.25) is 0 Å². The summed E-state index contributed by atoms with van der Waals surface area (Å²) in [5.74, 6) is -0.0695. The van der Waals surface area contributed by atoms with E-state index in [-0.39, 0.29) is 10.1 Å². The lowest BCUT2D eigenvalue weighted by atomic mass is 10.0. The molecular weight excluding hydrogens is 308 g/mol. The predicted octanol–water partition coefficient (Wildman–Crippen LogP) is 2.45. The van der Waals surface area contributed by atoms with Gasteiger partial charge >= 0.3 is 0 Å². The van der Waals surface area contributed by atoms with Gasteiger partial charge in [0.15, 0.2) is 0 Å². The first-order valence-corrected chi connectivity index (χ1v) is 9.53. The van der Waals surface area contributed by atoms with Crippen LogP contribution in [0.2, 0.25) is 0 Å². The fourth-order valence-electron chi connectivity index (χ4n) is 2.16. The highest BCUT2D eigenvalue weighted by atomic mass is 32.2. The second-order valence-electron chi connectivity index (χ2n) is 6.00. The van der Waals surface area contributed by atoms with Crippen LogP contribution in [0, 0.1) is 0 Å². The number of thiophene rings is 1. The number of carbonyl (C=O) groups excluding carboxylic acids is 1. The van der Waals surface area contributed by atoms with E-state index in [4.69, 9.17) is 0 Å². The Bertz CT molecular complexity index is 614. The minimum absolute atomic E-state index is 0.0695. The van der Waals surface area contributed by atoms with E-state index in [1.165, 1.54) is 6.07 Å². The van der Waals surface area contributed by atoms with Crippen LogP contribution in [0.3, 0.4) is 0 Å². The molecule has 0 radical (unpaired) electrons. The van der Waals surface area contributed by atoms with Crippen molar-refractivity contribution in [3.05, 3.63) is 17.0 Å². The molecule has 0 saturated carbocycles. The van der Waals surface area contributed by atoms with E-state index in [0.717, 1.165) is 37.3 Å². The highest BCUT2D eigenvalue weighted by molar-refractivity contribution is 7.91. The number of hydrogen-bond donors (Lipinski definition) is 1. The van der Waals surface area contributed by atoms with Crippen LogP contribution in [-0.4, -0.2) is 37.9 Å². The molecule has 0 atom stereocenters. The lowest BCUT2D eigenvalue weighted by Crippen LogP contribution is -2.42. The summed E-state index contributed by atoms with van der Waals surface area (Å²) in [6, 6.07) is 1.49. The van der Waals surface area contributed by atoms with Gasteiger partial charge in [-0.05, 0) is 39.2 Å². The maximum atomic E-state index is 12.3. The molecule has 1 aromatic heterocycles. The Kier molecular flexibility index (Phi) is 4.75. The van der Waals surface area contributed by atoms with Crippen LogP contribution in [0.1, 0.15) is 50.4 Å². The largest absolute Gasteiger partial charge is 0.339 e. The average molecular weight is 330 g/mol. The maximum Gasteiger partial charge on any atom is 0.254 e. The molecule has 5 nitrogen and oxygen atoms in total. The number of rotatable bonds is 5. The van der Waals surface area contributed by atoms with Crippen LogP contribution in [0.4, 0.5) is 0 Å². The van der Waals surface area contributed by atoms with E-state index in [1.54, 1.807) is 10.3 Å². The summed E-state index contributed by atoms with van der Waals surface area (Å²) in [4.78, 5) is 14.0. The van der Waals surface area contributed by atoms with E-state index in [0.29, 0.717) is 12.0 Å². The van der Waals surface area contributed by atoms with E-state index >= 15 is 0 Å². The molecule has 1 aliphatic heterocycles. The van der Waals surface area contributed by atoms with Crippen molar-refractivity contribution in [3.63, 3.8) is 0 Å². The lowest BCUT2D eigenvalue weighted by molar-refractivity contribution is 0.0793. The molecular formula is C14H22N2O3S2. The van der Waals surface area contributed by atoms with Crippen molar-refractivity contribution in [1.29, 1.82) is 0 Å². The molecule has 1 fully saturated rings. The third kappa shape index (κ3) is 3.84. The van der Waals surface area contributed by atoms with Gasteiger partial charge in [-0.15, -0.1) is 11.3 Å². The van der Waals surface area contributed by atoms with Gasteiger partial charge in [0.25, 0.3) is 15.9 Å². The smallest absolute Gasteiger partial charge is 0.254 e. The van der Waals surface area contributed by atoms with Gasteiger partial charge < -0.3 is 4.90 Å². The van der Waals surface area contributed by atoms with Gasteiger partial charge in [0.05, 0.1) is 5.56 Å². The standard InChI is InChI=1S/C14H22N2O3S2/c1-4-14(2,3)15-21(18,19)12-9-11(10-20-12)13(17)16-7-5-6-8-16/h9-10,15H,4-8H2,1-3H3. The summed E-state index contributed by atoms with van der Waals surface area (Å²) < 4.78 is 27.6. The number of sulfonamides is 1. The van der Waals surface area contributed by atoms with Crippen molar-refractivity contribution in [1.82, 2.24) is 9.62 Å². The monoisotopic (exact) mass is 330 g/mol. The Hall–Kier alpha value is -0.920. The number of nitrogens with zero attached hydrogens (tertiary/aromatic N) is 1. The lowest BCUT2D eigenvalue weighted by Gasteiger charge is -2.23. The summed E-state index contributed by atoms with van der Waals surface area (Å²) in [6.45, 7) is 7.14. The van der Waals surface area contributed by atoms with Crippen LogP contribution in [-0.2, 0) is 10.0 Å². The first kappa shape index (κ1) is 16.5. The Labute approximate surface area is 130 Å². The van der Waals surface area contributed by atoms with Crippen molar-refractivity contribution in [2.45, 2.75) is 49.8 Å². The quantitative estimate of drug-likeness (QED) is 0.902. The topological polar surface area (TPSA) is 66.5 Å². The Balaban J connectivity index is 2.17. The molecule has 1 aliphatic rings. The van der Waals surface area contributed by atoms with Crippen LogP contribution in [0.15, 0.2) is 15.7 Å². The summed E-state index contributed by atoms with van der Waals surface area (Å²) in [5, 5.41) is 1.63. The molecule has 2 heterocycles. The van der Waals surface area contributed by atoms with Crippen LogP contribution >= 0.6 is 11.3 Å². The van der Waals surface area contributed by atoms with E-state index in [2.05, 4.69) is 4.72 Å². The second kappa shape index (κ2) is 6.06. The Morgan fingerprint density at radius 1 is 1.38 bits per heavy atom. The average Bonchev–Trinajstić information content (AvgIpc) is 3.08. The summed E-state index contributed by atoms with van der Waals surface area (Å²) in [5.41, 5.74) is -0.0290. The van der Waals surface area contributed by atoms with Crippen LogP contribution in [0.5, 0.6) is 0 Å². The van der Waals surface area contributed by atoms with Gasteiger partial charge in [-0.2, -0.15) is 0 Å². The zero-order valence-corrected chi connectivity index (χ0v) is 14.3. The van der Waals surface area contributed by atoms with Gasteiger partial charge in [-0.1, -0.05) is 6.92 Å². The van der Waals surface area contributed by atoms with E-state index in [9.17, 15) is 13.2 Å².